The fourth-order valence-corrected chi connectivity index (χ4v) is 6.80. The molecule has 1 aliphatic heterocycles. The van der Waals surface area contributed by atoms with Gasteiger partial charge in [0.25, 0.3) is 0 Å². The number of hydrogen-bond donors (Lipinski definition) is 0. The van der Waals surface area contributed by atoms with Crippen molar-refractivity contribution in [1.82, 2.24) is 0 Å². The molecule has 1 heterocycles. The van der Waals surface area contributed by atoms with Crippen LogP contribution in [0.1, 0.15) is 51.9 Å². The van der Waals surface area contributed by atoms with E-state index in [1.807, 2.05) is 0 Å². The normalized spacial score (nSPS) is 26.8. The van der Waals surface area contributed by atoms with Crippen LogP contribution in [0.3, 0.4) is 0 Å². The first-order valence-corrected chi connectivity index (χ1v) is 10.5. The third-order valence-electron chi connectivity index (χ3n) is 3.93. The first kappa shape index (κ1) is 13.8. The average Bonchev–Trinajstić information content (AvgIpc) is 2.28. The van der Waals surface area contributed by atoms with Gasteiger partial charge in [-0.05, 0) is 18.8 Å². The lowest BCUT2D eigenvalue weighted by Gasteiger charge is -2.27. The topological polar surface area (TPSA) is 0 Å². The molecule has 1 fully saturated rings. The maximum absolute atomic E-state index is 3.54. The second kappa shape index (κ2) is 8.80. The van der Waals surface area contributed by atoms with E-state index in [1.54, 1.807) is 37.4 Å². The van der Waals surface area contributed by atoms with Gasteiger partial charge in [0, 0.05) is 14.1 Å². The summed E-state index contributed by atoms with van der Waals surface area (Å²) < 4.78 is 0. The molecule has 15 heavy (non-hydrogen) atoms. The molecule has 0 atom stereocenters. The monoisotopic (exact) mass is 290 g/mol. The van der Waals surface area contributed by atoms with E-state index in [-0.39, 0.29) is 8.80 Å². The fraction of sp³-hybridized carbons (Fsp3) is 1.00. The number of unbranched alkanes of at least 4 members (excludes halogenated alkanes) is 2. The van der Waals surface area contributed by atoms with Crippen LogP contribution in [0, 0.1) is 5.92 Å². The summed E-state index contributed by atoms with van der Waals surface area (Å²) in [6.45, 7) is 2.32. The summed E-state index contributed by atoms with van der Waals surface area (Å²) in [6, 6.07) is 4.98. The van der Waals surface area contributed by atoms with Crippen molar-refractivity contribution in [3.05, 3.63) is 0 Å². The molecule has 0 aromatic rings. The number of halogens is 1. The zero-order chi connectivity index (χ0) is 10.9. The van der Waals surface area contributed by atoms with Crippen LogP contribution in [0.4, 0.5) is 0 Å². The standard InChI is InChI=1S/C13H27BrSi/c1-2-3-4-10-15-11-7-13(8-12-15)6-5-9-14/h13,15H,2-12H2,1H3. The molecule has 0 amide bonds. The molecule has 0 N–H and O–H groups in total. The fourth-order valence-electron chi connectivity index (χ4n) is 2.86. The maximum atomic E-state index is 3.54. The lowest BCUT2D eigenvalue weighted by atomic mass is 9.97. The van der Waals surface area contributed by atoms with Gasteiger partial charge in [-0.1, -0.05) is 73.1 Å². The molecule has 0 aromatic heterocycles. The predicted molar refractivity (Wildman–Crippen MR) is 76.8 cm³/mol. The molecule has 0 aliphatic carbocycles. The summed E-state index contributed by atoms with van der Waals surface area (Å²) in [6.07, 6.45) is 10.5. The third-order valence-corrected chi connectivity index (χ3v) is 8.01. The van der Waals surface area contributed by atoms with Gasteiger partial charge in [-0.2, -0.15) is 0 Å². The van der Waals surface area contributed by atoms with Crippen molar-refractivity contribution in [2.45, 2.75) is 70.0 Å². The van der Waals surface area contributed by atoms with Gasteiger partial charge in [0.1, 0.15) is 0 Å². The molecule has 0 radical (unpaired) electrons. The van der Waals surface area contributed by atoms with Crippen LogP contribution in [0.25, 0.3) is 0 Å². The van der Waals surface area contributed by atoms with Crippen molar-refractivity contribution in [3.63, 3.8) is 0 Å². The Bertz CT molecular complexity index is 141. The van der Waals surface area contributed by atoms with Gasteiger partial charge in [0.2, 0.25) is 0 Å². The maximum Gasteiger partial charge on any atom is 0.0368 e. The molecule has 0 nitrogen and oxygen atoms in total. The summed E-state index contributed by atoms with van der Waals surface area (Å²) >= 11 is 3.54. The van der Waals surface area contributed by atoms with E-state index in [0.717, 1.165) is 5.92 Å². The highest BCUT2D eigenvalue weighted by atomic mass is 79.9. The Balaban J connectivity index is 2.02. The van der Waals surface area contributed by atoms with Gasteiger partial charge >= 0.3 is 0 Å². The van der Waals surface area contributed by atoms with Crippen molar-refractivity contribution in [1.29, 1.82) is 0 Å². The summed E-state index contributed by atoms with van der Waals surface area (Å²) in [4.78, 5) is 0. The highest BCUT2D eigenvalue weighted by molar-refractivity contribution is 9.09. The molecule has 2 heteroatoms. The molecule has 0 unspecified atom stereocenters. The molecule has 0 aromatic carbocycles. The van der Waals surface area contributed by atoms with E-state index in [1.165, 1.54) is 31.0 Å². The second-order valence-electron chi connectivity index (χ2n) is 5.21. The third kappa shape index (κ3) is 6.11. The van der Waals surface area contributed by atoms with Gasteiger partial charge in [0.05, 0.1) is 0 Å². The van der Waals surface area contributed by atoms with E-state index < -0.39 is 0 Å². The van der Waals surface area contributed by atoms with Crippen molar-refractivity contribution in [3.8, 4) is 0 Å². The molecular weight excluding hydrogens is 264 g/mol. The molecule has 0 spiro atoms. The van der Waals surface area contributed by atoms with Gasteiger partial charge < -0.3 is 0 Å². The van der Waals surface area contributed by atoms with Gasteiger partial charge in [-0.3, -0.25) is 0 Å². The van der Waals surface area contributed by atoms with Crippen molar-refractivity contribution in [2.24, 2.45) is 5.92 Å². The van der Waals surface area contributed by atoms with E-state index in [4.69, 9.17) is 0 Å². The molecule has 0 bridgehead atoms. The predicted octanol–water partition coefficient (Wildman–Crippen LogP) is 4.99. The van der Waals surface area contributed by atoms with Crippen LogP contribution in [0.5, 0.6) is 0 Å². The minimum atomic E-state index is -0.242. The summed E-state index contributed by atoms with van der Waals surface area (Å²) in [5.74, 6) is 1.09. The number of rotatable bonds is 7. The second-order valence-corrected chi connectivity index (χ2v) is 9.47. The van der Waals surface area contributed by atoms with Crippen LogP contribution in [-0.4, -0.2) is 14.1 Å². The van der Waals surface area contributed by atoms with Gasteiger partial charge in [-0.25, -0.2) is 0 Å². The molecule has 1 aliphatic rings. The lowest BCUT2D eigenvalue weighted by molar-refractivity contribution is 0.434. The Morgan fingerprint density at radius 1 is 1.13 bits per heavy atom. The Morgan fingerprint density at radius 3 is 2.47 bits per heavy atom. The minimum Gasteiger partial charge on any atom is -0.0928 e. The number of hydrogen-bond acceptors (Lipinski definition) is 0. The zero-order valence-electron chi connectivity index (χ0n) is 10.3. The SMILES string of the molecule is CCCCC[SiH]1CCC(CCCBr)CC1. The molecule has 0 saturated carbocycles. The first-order valence-electron chi connectivity index (χ1n) is 6.92. The highest BCUT2D eigenvalue weighted by Crippen LogP contribution is 2.31. The van der Waals surface area contributed by atoms with Crippen molar-refractivity contribution < 1.29 is 0 Å². The molecule has 90 valence electrons. The lowest BCUT2D eigenvalue weighted by Crippen LogP contribution is -2.21. The van der Waals surface area contributed by atoms with E-state index >= 15 is 0 Å². The Hall–Kier alpha value is 0.697. The smallest absolute Gasteiger partial charge is 0.0368 e. The summed E-state index contributed by atoms with van der Waals surface area (Å²) in [7, 11) is -0.242. The van der Waals surface area contributed by atoms with E-state index in [2.05, 4.69) is 22.9 Å². The van der Waals surface area contributed by atoms with Crippen LogP contribution in [0.2, 0.25) is 18.1 Å². The Labute approximate surface area is 106 Å². The summed E-state index contributed by atoms with van der Waals surface area (Å²) in [5.41, 5.74) is 0. The first-order chi connectivity index (χ1) is 7.36. The van der Waals surface area contributed by atoms with Crippen LogP contribution in [-0.2, 0) is 0 Å². The summed E-state index contributed by atoms with van der Waals surface area (Å²) in [5, 5.41) is 1.21. The quantitative estimate of drug-likeness (QED) is 0.352. The molecule has 1 saturated heterocycles. The number of alkyl halides is 1. The zero-order valence-corrected chi connectivity index (χ0v) is 13.1. The average molecular weight is 291 g/mol. The van der Waals surface area contributed by atoms with Crippen molar-refractivity contribution >= 4 is 24.7 Å². The van der Waals surface area contributed by atoms with Crippen LogP contribution in [0.15, 0.2) is 0 Å². The van der Waals surface area contributed by atoms with Gasteiger partial charge in [0.15, 0.2) is 0 Å². The van der Waals surface area contributed by atoms with Crippen LogP contribution < -0.4 is 0 Å². The highest BCUT2D eigenvalue weighted by Gasteiger charge is 2.21. The van der Waals surface area contributed by atoms with E-state index in [9.17, 15) is 0 Å². The molecular formula is C13H27BrSi. The van der Waals surface area contributed by atoms with Crippen molar-refractivity contribution in [2.75, 3.05) is 5.33 Å². The van der Waals surface area contributed by atoms with E-state index in [0.29, 0.717) is 0 Å². The van der Waals surface area contributed by atoms with Crippen LogP contribution >= 0.6 is 15.9 Å². The molecule has 1 rings (SSSR count). The Kier molecular flexibility index (Phi) is 8.08. The Morgan fingerprint density at radius 2 is 1.87 bits per heavy atom. The van der Waals surface area contributed by atoms with Gasteiger partial charge in [-0.15, -0.1) is 0 Å². The minimum absolute atomic E-state index is 0.242. The largest absolute Gasteiger partial charge is 0.0928 e.